The number of phosphoric ester groups is 1. The van der Waals surface area contributed by atoms with E-state index < -0.39 is 75.2 Å². The van der Waals surface area contributed by atoms with Crippen molar-refractivity contribution < 1.29 is 59.0 Å². The summed E-state index contributed by atoms with van der Waals surface area (Å²) in [4.78, 5) is 23.4. The van der Waals surface area contributed by atoms with E-state index in [4.69, 9.17) is 9.05 Å². The second-order valence-corrected chi connectivity index (χ2v) is 18.2. The lowest BCUT2D eigenvalue weighted by Gasteiger charge is -2.41. The van der Waals surface area contributed by atoms with Crippen LogP contribution in [0.1, 0.15) is 194 Å². The van der Waals surface area contributed by atoms with Crippen molar-refractivity contribution in [3.8, 4) is 0 Å². The van der Waals surface area contributed by atoms with Gasteiger partial charge in [0.15, 0.2) is 0 Å². The lowest BCUT2D eigenvalue weighted by atomic mass is 9.85. The Morgan fingerprint density at radius 3 is 1.49 bits per heavy atom. The van der Waals surface area contributed by atoms with Crippen LogP contribution >= 0.6 is 7.82 Å². The van der Waals surface area contributed by atoms with Crippen molar-refractivity contribution in [3.63, 3.8) is 0 Å². The van der Waals surface area contributed by atoms with Gasteiger partial charge in [-0.15, -0.1) is 0 Å². The highest BCUT2D eigenvalue weighted by Crippen LogP contribution is 2.47. The standard InChI is InChI=1S/C45H86NO12P/c1-3-5-7-9-11-13-15-17-19-20-22-24-26-28-30-32-36(47)34-39(49)46-37(35-57-59(55,56)58-45-43(53)41(51)40(50)42(52)44(45)54)38(48)33-31-29-27-25-23-21-18-16-14-12-10-8-6-4-2/h23,25,31,33,36-38,40-45,47-48,50-54H,3-22,24,26-30,32,34-35H2,1-2H3,(H,46,49)(H,55,56)/b25-23+,33-31+. The number of carbonyl (C=O) groups is 1. The fourth-order valence-corrected chi connectivity index (χ4v) is 8.40. The fourth-order valence-electron chi connectivity index (χ4n) is 7.43. The first-order valence-corrected chi connectivity index (χ1v) is 24.9. The number of amides is 1. The number of hydrogen-bond acceptors (Lipinski definition) is 11. The number of rotatable bonds is 38. The van der Waals surface area contributed by atoms with E-state index in [-0.39, 0.29) is 6.42 Å². The SMILES string of the molecule is CCCCCCCCCC/C=C/CC/C=C/C(O)C(COP(=O)(O)OC1C(O)C(O)C(O)C(O)C1O)NC(=O)CC(O)CCCCCCCCCCCCCCCCC. The number of hydrogen-bond donors (Lipinski definition) is 9. The van der Waals surface area contributed by atoms with E-state index in [0.717, 1.165) is 44.9 Å². The van der Waals surface area contributed by atoms with Crippen LogP contribution in [-0.4, -0.2) is 108 Å². The summed E-state index contributed by atoms with van der Waals surface area (Å²) in [5.74, 6) is -0.601. The molecule has 0 saturated heterocycles. The fraction of sp³-hybridized carbons (Fsp3) is 0.889. The first-order valence-electron chi connectivity index (χ1n) is 23.4. The Hall–Kier alpha value is -1.22. The van der Waals surface area contributed by atoms with Gasteiger partial charge in [0.25, 0.3) is 0 Å². The zero-order chi connectivity index (χ0) is 43.7. The largest absolute Gasteiger partial charge is 0.472 e. The Labute approximate surface area is 356 Å². The van der Waals surface area contributed by atoms with E-state index in [0.29, 0.717) is 12.8 Å². The van der Waals surface area contributed by atoms with Gasteiger partial charge in [0.2, 0.25) is 5.91 Å². The second-order valence-electron chi connectivity index (χ2n) is 16.8. The highest BCUT2D eigenvalue weighted by molar-refractivity contribution is 7.47. The molecule has 1 amide bonds. The number of aliphatic hydroxyl groups is 7. The van der Waals surface area contributed by atoms with Crippen molar-refractivity contribution in [3.05, 3.63) is 24.3 Å². The summed E-state index contributed by atoms with van der Waals surface area (Å²) in [5, 5.41) is 74.4. The average Bonchev–Trinajstić information content (AvgIpc) is 3.21. The first-order chi connectivity index (χ1) is 28.3. The number of nitrogens with one attached hydrogen (secondary N) is 1. The lowest BCUT2D eigenvalue weighted by Crippen LogP contribution is -2.64. The maximum absolute atomic E-state index is 13.0. The Balaban J connectivity index is 2.57. The number of unbranched alkanes of at least 4 members (excludes halogenated alkanes) is 23. The van der Waals surface area contributed by atoms with Gasteiger partial charge in [-0.2, -0.15) is 0 Å². The Kier molecular flexibility index (Phi) is 33.3. The normalized spacial score (nSPS) is 23.8. The van der Waals surface area contributed by atoms with Crippen LogP contribution in [0, 0.1) is 0 Å². The third-order valence-corrected chi connectivity index (χ3v) is 12.3. The number of aliphatic hydroxyl groups excluding tert-OH is 7. The van der Waals surface area contributed by atoms with Crippen molar-refractivity contribution in [2.24, 2.45) is 0 Å². The molecule has 0 aromatic heterocycles. The number of carbonyl (C=O) groups excluding carboxylic acids is 1. The summed E-state index contributed by atoms with van der Waals surface area (Å²) < 4.78 is 22.8. The molecule has 1 aliphatic rings. The molecule has 8 atom stereocenters. The van der Waals surface area contributed by atoms with Gasteiger partial charge in [0.05, 0.1) is 31.3 Å². The number of phosphoric acid groups is 1. The lowest BCUT2D eigenvalue weighted by molar-refractivity contribution is -0.220. The van der Waals surface area contributed by atoms with Crippen molar-refractivity contribution >= 4 is 13.7 Å². The maximum atomic E-state index is 13.0. The van der Waals surface area contributed by atoms with E-state index in [1.165, 1.54) is 122 Å². The van der Waals surface area contributed by atoms with Crippen molar-refractivity contribution in [2.45, 2.75) is 249 Å². The molecule has 13 nitrogen and oxygen atoms in total. The van der Waals surface area contributed by atoms with Crippen LogP contribution in [-0.2, 0) is 18.4 Å². The van der Waals surface area contributed by atoms with Gasteiger partial charge in [-0.05, 0) is 32.1 Å². The van der Waals surface area contributed by atoms with Crippen LogP contribution in [0.15, 0.2) is 24.3 Å². The summed E-state index contributed by atoms with van der Waals surface area (Å²) in [5.41, 5.74) is 0. The van der Waals surface area contributed by atoms with Crippen LogP contribution in [0.4, 0.5) is 0 Å². The third-order valence-electron chi connectivity index (χ3n) is 11.3. The summed E-state index contributed by atoms with van der Waals surface area (Å²) >= 11 is 0. The molecule has 0 heterocycles. The second kappa shape index (κ2) is 35.3. The third kappa shape index (κ3) is 27.5. The molecule has 14 heteroatoms. The summed E-state index contributed by atoms with van der Waals surface area (Å²) in [6.45, 7) is 3.72. The van der Waals surface area contributed by atoms with Gasteiger partial charge in [-0.25, -0.2) is 4.57 Å². The van der Waals surface area contributed by atoms with E-state index in [1.54, 1.807) is 6.08 Å². The van der Waals surface area contributed by atoms with Gasteiger partial charge >= 0.3 is 7.82 Å². The van der Waals surface area contributed by atoms with E-state index >= 15 is 0 Å². The average molecular weight is 864 g/mol. The van der Waals surface area contributed by atoms with Crippen molar-refractivity contribution in [2.75, 3.05) is 6.61 Å². The molecule has 348 valence electrons. The molecule has 0 bridgehead atoms. The summed E-state index contributed by atoms with van der Waals surface area (Å²) in [6, 6.07) is -1.25. The Morgan fingerprint density at radius 2 is 1.00 bits per heavy atom. The van der Waals surface area contributed by atoms with Crippen LogP contribution in [0.3, 0.4) is 0 Å². The molecule has 1 aliphatic carbocycles. The van der Waals surface area contributed by atoms with Crippen LogP contribution in [0.2, 0.25) is 0 Å². The molecule has 1 fully saturated rings. The zero-order valence-electron chi connectivity index (χ0n) is 36.7. The molecular formula is C45H86NO12P. The molecule has 1 saturated carbocycles. The monoisotopic (exact) mass is 864 g/mol. The molecule has 9 N–H and O–H groups in total. The van der Waals surface area contributed by atoms with Gasteiger partial charge in [0, 0.05) is 0 Å². The van der Waals surface area contributed by atoms with E-state index in [9.17, 15) is 50.0 Å². The smallest absolute Gasteiger partial charge is 0.393 e. The summed E-state index contributed by atoms with van der Waals surface area (Å²) in [7, 11) is -5.14. The Morgan fingerprint density at radius 1 is 0.593 bits per heavy atom. The van der Waals surface area contributed by atoms with E-state index in [1.807, 2.05) is 0 Å². The van der Waals surface area contributed by atoms with Crippen LogP contribution in [0.25, 0.3) is 0 Å². The van der Waals surface area contributed by atoms with Gasteiger partial charge in [0.1, 0.15) is 36.6 Å². The topological polar surface area (TPSA) is 226 Å². The number of allylic oxidation sites excluding steroid dienone is 3. The minimum atomic E-state index is -5.14. The minimum Gasteiger partial charge on any atom is -0.393 e. The molecular weight excluding hydrogens is 777 g/mol. The minimum absolute atomic E-state index is 0.249. The molecule has 0 spiro atoms. The molecule has 0 radical (unpaired) electrons. The Bertz CT molecular complexity index is 1110. The van der Waals surface area contributed by atoms with Gasteiger partial charge in [-0.3, -0.25) is 13.8 Å². The van der Waals surface area contributed by atoms with Gasteiger partial charge in [-0.1, -0.05) is 179 Å². The highest BCUT2D eigenvalue weighted by atomic mass is 31.2. The van der Waals surface area contributed by atoms with E-state index in [2.05, 4.69) is 31.3 Å². The van der Waals surface area contributed by atoms with Crippen molar-refractivity contribution in [1.29, 1.82) is 0 Å². The van der Waals surface area contributed by atoms with Crippen LogP contribution < -0.4 is 5.32 Å². The molecule has 1 rings (SSSR count). The predicted octanol–water partition coefficient (Wildman–Crippen LogP) is 7.59. The molecule has 0 aromatic carbocycles. The van der Waals surface area contributed by atoms with Gasteiger partial charge < -0.3 is 46.0 Å². The summed E-state index contributed by atoms with van der Waals surface area (Å²) in [6.07, 6.45) is 24.1. The maximum Gasteiger partial charge on any atom is 0.472 e. The zero-order valence-corrected chi connectivity index (χ0v) is 37.6. The molecule has 59 heavy (non-hydrogen) atoms. The molecule has 0 aromatic rings. The predicted molar refractivity (Wildman–Crippen MR) is 234 cm³/mol. The van der Waals surface area contributed by atoms with Crippen molar-refractivity contribution in [1.82, 2.24) is 5.32 Å². The first kappa shape index (κ1) is 55.8. The highest BCUT2D eigenvalue weighted by Gasteiger charge is 2.51. The molecule has 8 unspecified atom stereocenters. The molecule has 0 aliphatic heterocycles. The van der Waals surface area contributed by atoms with Crippen LogP contribution in [0.5, 0.6) is 0 Å². The quantitative estimate of drug-likeness (QED) is 0.0166.